The van der Waals surface area contributed by atoms with E-state index in [-0.39, 0.29) is 25.7 Å². The predicted molar refractivity (Wildman–Crippen MR) is 157 cm³/mol. The number of aromatic nitrogens is 2. The summed E-state index contributed by atoms with van der Waals surface area (Å²) in [5.74, 6) is -2.41. The summed E-state index contributed by atoms with van der Waals surface area (Å²) in [6, 6.07) is 14.2. The fourth-order valence-electron chi connectivity index (χ4n) is 4.16. The smallest absolute Gasteiger partial charge is 0.326 e. The van der Waals surface area contributed by atoms with E-state index in [2.05, 4.69) is 25.9 Å². The van der Waals surface area contributed by atoms with Crippen LogP contribution in [0, 0.1) is 0 Å². The van der Waals surface area contributed by atoms with E-state index >= 15 is 0 Å². The van der Waals surface area contributed by atoms with Crippen LogP contribution in [0.15, 0.2) is 73.2 Å². The van der Waals surface area contributed by atoms with Crippen LogP contribution in [0.2, 0.25) is 0 Å². The van der Waals surface area contributed by atoms with E-state index in [0.29, 0.717) is 11.4 Å². The van der Waals surface area contributed by atoms with Crippen molar-refractivity contribution < 1.29 is 24.3 Å². The first-order valence-corrected chi connectivity index (χ1v) is 14.6. The Balaban J connectivity index is 1.78. The van der Waals surface area contributed by atoms with Crippen LogP contribution in [0.3, 0.4) is 0 Å². The molecule has 0 saturated heterocycles. The van der Waals surface area contributed by atoms with E-state index in [4.69, 9.17) is 5.73 Å². The van der Waals surface area contributed by atoms with Crippen LogP contribution in [-0.2, 0) is 38.4 Å². The SMILES string of the molecule is CSCCC(NC(=O)C(Cc1cnc[nH]1)NC(=O)C(Cc1ccccc1)NC(=O)C(N)Cc1ccccc1)C(=O)O. The summed E-state index contributed by atoms with van der Waals surface area (Å²) in [5.41, 5.74) is 8.42. The largest absolute Gasteiger partial charge is 0.480 e. The van der Waals surface area contributed by atoms with E-state index in [0.717, 1.165) is 11.1 Å². The van der Waals surface area contributed by atoms with Gasteiger partial charge in [0.2, 0.25) is 17.7 Å². The molecule has 218 valence electrons. The van der Waals surface area contributed by atoms with Gasteiger partial charge in [-0.15, -0.1) is 0 Å². The molecule has 3 amide bonds. The number of carbonyl (C=O) groups excluding carboxylic acids is 3. The minimum atomic E-state index is -1.17. The fraction of sp³-hybridized carbons (Fsp3) is 0.345. The quantitative estimate of drug-likeness (QED) is 0.146. The Bertz CT molecular complexity index is 1260. The first-order valence-electron chi connectivity index (χ1n) is 13.2. The average Bonchev–Trinajstić information content (AvgIpc) is 3.48. The number of hydrogen-bond acceptors (Lipinski definition) is 7. The van der Waals surface area contributed by atoms with E-state index in [1.165, 1.54) is 24.3 Å². The third kappa shape index (κ3) is 10.4. The Morgan fingerprint density at radius 2 is 1.37 bits per heavy atom. The molecule has 2 aromatic carbocycles. The Morgan fingerprint density at radius 1 is 0.829 bits per heavy atom. The zero-order chi connectivity index (χ0) is 29.6. The molecule has 0 radical (unpaired) electrons. The molecular formula is C29H36N6O5S. The summed E-state index contributed by atoms with van der Waals surface area (Å²) < 4.78 is 0. The van der Waals surface area contributed by atoms with Crippen LogP contribution in [0.1, 0.15) is 23.2 Å². The maximum atomic E-state index is 13.6. The van der Waals surface area contributed by atoms with E-state index in [1.54, 1.807) is 0 Å². The minimum absolute atomic E-state index is 0.0337. The third-order valence-corrected chi connectivity index (χ3v) is 7.03. The lowest BCUT2D eigenvalue weighted by atomic mass is 10.0. The second-order valence-electron chi connectivity index (χ2n) is 9.57. The highest BCUT2D eigenvalue weighted by Gasteiger charge is 2.31. The number of carboxylic acid groups (broad SMARTS) is 1. The van der Waals surface area contributed by atoms with Gasteiger partial charge in [0.1, 0.15) is 18.1 Å². The van der Waals surface area contributed by atoms with E-state index in [1.807, 2.05) is 66.9 Å². The molecule has 0 aliphatic heterocycles. The number of aliphatic carboxylic acids is 1. The van der Waals surface area contributed by atoms with Crippen molar-refractivity contribution in [2.24, 2.45) is 5.73 Å². The van der Waals surface area contributed by atoms with Crippen LogP contribution >= 0.6 is 11.8 Å². The number of carboxylic acids is 1. The maximum absolute atomic E-state index is 13.6. The van der Waals surface area contributed by atoms with Gasteiger partial charge in [-0.3, -0.25) is 14.4 Å². The number of thioether (sulfide) groups is 1. The highest BCUT2D eigenvalue weighted by atomic mass is 32.2. The van der Waals surface area contributed by atoms with Crippen molar-refractivity contribution in [1.82, 2.24) is 25.9 Å². The lowest BCUT2D eigenvalue weighted by Crippen LogP contribution is -2.58. The number of amides is 3. The molecule has 7 N–H and O–H groups in total. The third-order valence-electron chi connectivity index (χ3n) is 6.39. The van der Waals surface area contributed by atoms with Crippen molar-refractivity contribution in [3.05, 3.63) is 90.0 Å². The van der Waals surface area contributed by atoms with Gasteiger partial charge < -0.3 is 31.8 Å². The van der Waals surface area contributed by atoms with Crippen molar-refractivity contribution in [3.63, 3.8) is 0 Å². The maximum Gasteiger partial charge on any atom is 0.326 e. The number of imidazole rings is 1. The van der Waals surface area contributed by atoms with Gasteiger partial charge in [-0.2, -0.15) is 11.8 Å². The monoisotopic (exact) mass is 580 g/mol. The van der Waals surface area contributed by atoms with Crippen molar-refractivity contribution in [1.29, 1.82) is 0 Å². The molecule has 12 heteroatoms. The van der Waals surface area contributed by atoms with Crippen molar-refractivity contribution in [3.8, 4) is 0 Å². The van der Waals surface area contributed by atoms with Gasteiger partial charge in [0.05, 0.1) is 12.4 Å². The fourth-order valence-corrected chi connectivity index (χ4v) is 4.63. The number of aromatic amines is 1. The molecule has 4 atom stereocenters. The molecule has 0 fully saturated rings. The van der Waals surface area contributed by atoms with Crippen LogP contribution in [0.25, 0.3) is 0 Å². The lowest BCUT2D eigenvalue weighted by molar-refractivity contribution is -0.142. The number of nitrogens with two attached hydrogens (primary N) is 1. The van der Waals surface area contributed by atoms with Gasteiger partial charge in [-0.05, 0) is 36.0 Å². The van der Waals surface area contributed by atoms with Gasteiger partial charge in [0.15, 0.2) is 0 Å². The first-order chi connectivity index (χ1) is 19.8. The standard InChI is InChI=1S/C29H36N6O5S/c1-41-13-12-23(29(39)40)33-28(38)25(16-21-17-31-18-32-21)35-27(37)24(15-20-10-6-3-7-11-20)34-26(36)22(30)14-19-8-4-2-5-9-19/h2-11,17-18,22-25H,12-16,30H2,1H3,(H,31,32)(H,33,38)(H,34,36)(H,35,37)(H,39,40). The molecule has 11 nitrogen and oxygen atoms in total. The van der Waals surface area contributed by atoms with Gasteiger partial charge in [0, 0.05) is 24.7 Å². The van der Waals surface area contributed by atoms with Crippen molar-refractivity contribution in [2.45, 2.75) is 49.9 Å². The Morgan fingerprint density at radius 3 is 1.90 bits per heavy atom. The van der Waals surface area contributed by atoms with Crippen LogP contribution < -0.4 is 21.7 Å². The molecular weight excluding hydrogens is 544 g/mol. The molecule has 4 unspecified atom stereocenters. The first kappa shape index (κ1) is 31.4. The number of nitrogens with one attached hydrogen (secondary N) is 4. The van der Waals surface area contributed by atoms with Crippen LogP contribution in [0.4, 0.5) is 0 Å². The summed E-state index contributed by atoms with van der Waals surface area (Å²) in [5, 5.41) is 17.6. The summed E-state index contributed by atoms with van der Waals surface area (Å²) in [6.45, 7) is 0. The normalized spacial score (nSPS) is 13.8. The topological polar surface area (TPSA) is 179 Å². The highest BCUT2D eigenvalue weighted by Crippen LogP contribution is 2.08. The zero-order valence-corrected chi connectivity index (χ0v) is 23.6. The Hall–Kier alpha value is -4.16. The van der Waals surface area contributed by atoms with Gasteiger partial charge in [-0.25, -0.2) is 9.78 Å². The second-order valence-corrected chi connectivity index (χ2v) is 10.6. The summed E-state index contributed by atoms with van der Waals surface area (Å²) in [7, 11) is 0. The number of rotatable bonds is 16. The molecule has 0 aliphatic carbocycles. The number of benzene rings is 2. The number of carbonyl (C=O) groups is 4. The summed E-state index contributed by atoms with van der Waals surface area (Å²) in [6.07, 6.45) is 5.49. The molecule has 0 bridgehead atoms. The minimum Gasteiger partial charge on any atom is -0.480 e. The van der Waals surface area contributed by atoms with Crippen molar-refractivity contribution in [2.75, 3.05) is 12.0 Å². The molecule has 0 saturated carbocycles. The van der Waals surface area contributed by atoms with E-state index in [9.17, 15) is 24.3 Å². The van der Waals surface area contributed by atoms with Gasteiger partial charge in [-0.1, -0.05) is 60.7 Å². The Kier molecular flexibility index (Phi) is 12.4. The molecule has 0 spiro atoms. The Labute approximate surface area is 243 Å². The van der Waals surface area contributed by atoms with Crippen LogP contribution in [0.5, 0.6) is 0 Å². The lowest BCUT2D eigenvalue weighted by Gasteiger charge is -2.25. The molecule has 3 aromatic rings. The molecule has 3 rings (SSSR count). The number of hydrogen-bond donors (Lipinski definition) is 6. The average molecular weight is 581 g/mol. The van der Waals surface area contributed by atoms with Crippen LogP contribution in [-0.4, -0.2) is 74.9 Å². The highest BCUT2D eigenvalue weighted by molar-refractivity contribution is 7.98. The van der Waals surface area contributed by atoms with Gasteiger partial charge >= 0.3 is 5.97 Å². The second kappa shape index (κ2) is 16.2. The van der Waals surface area contributed by atoms with Gasteiger partial charge in [0.25, 0.3) is 0 Å². The molecule has 41 heavy (non-hydrogen) atoms. The summed E-state index contributed by atoms with van der Waals surface area (Å²) in [4.78, 5) is 58.5. The summed E-state index contributed by atoms with van der Waals surface area (Å²) >= 11 is 1.46. The predicted octanol–water partition coefficient (Wildman–Crippen LogP) is 1.06. The molecule has 0 aliphatic rings. The number of H-pyrrole nitrogens is 1. The van der Waals surface area contributed by atoms with Crippen molar-refractivity contribution >= 4 is 35.5 Å². The van der Waals surface area contributed by atoms with E-state index < -0.39 is 47.9 Å². The molecule has 1 aromatic heterocycles. The number of nitrogens with zero attached hydrogens (tertiary/aromatic N) is 1. The zero-order valence-electron chi connectivity index (χ0n) is 22.8. The molecule has 1 heterocycles.